The molecule has 7 nitrogen and oxygen atoms in total. The van der Waals surface area contributed by atoms with Gasteiger partial charge in [0.1, 0.15) is 6.54 Å². The Morgan fingerprint density at radius 3 is 2.96 bits per heavy atom. The lowest BCUT2D eigenvalue weighted by molar-refractivity contribution is -0.121. The van der Waals surface area contributed by atoms with Crippen LogP contribution in [0.3, 0.4) is 0 Å². The molecule has 2 heterocycles. The molecule has 3 aromatic rings. The minimum absolute atomic E-state index is 0.0280. The lowest BCUT2D eigenvalue weighted by atomic mass is 10.2. The van der Waals surface area contributed by atoms with E-state index in [1.54, 1.807) is 36.3 Å². The second-order valence-electron chi connectivity index (χ2n) is 5.57. The molecule has 130 valence electrons. The first-order valence-corrected chi connectivity index (χ1v) is 9.08. The fraction of sp³-hybridized carbons (Fsp3) is 0.294. The Morgan fingerprint density at radius 1 is 1.32 bits per heavy atom. The van der Waals surface area contributed by atoms with Crippen molar-refractivity contribution < 1.29 is 4.79 Å². The van der Waals surface area contributed by atoms with Crippen molar-refractivity contribution in [2.75, 3.05) is 12.3 Å². The van der Waals surface area contributed by atoms with Crippen molar-refractivity contribution in [2.24, 2.45) is 0 Å². The number of fused-ring (bicyclic) bond motifs is 1. The van der Waals surface area contributed by atoms with E-state index in [2.05, 4.69) is 20.3 Å². The molecule has 0 saturated carbocycles. The van der Waals surface area contributed by atoms with Crippen LogP contribution in [-0.2, 0) is 17.1 Å². The Balaban J connectivity index is 1.47. The van der Waals surface area contributed by atoms with Gasteiger partial charge < -0.3 is 10.3 Å². The number of amides is 1. The molecule has 2 N–H and O–H groups in total. The number of hydrogen-bond acceptors (Lipinski definition) is 5. The molecule has 1 amide bonds. The van der Waals surface area contributed by atoms with Gasteiger partial charge in [0.05, 0.1) is 29.3 Å². The predicted molar refractivity (Wildman–Crippen MR) is 98.5 cm³/mol. The fourth-order valence-corrected chi connectivity index (χ4v) is 3.27. The Kier molecular flexibility index (Phi) is 5.49. The number of para-hydroxylation sites is 1. The molecule has 25 heavy (non-hydrogen) atoms. The van der Waals surface area contributed by atoms with Crippen LogP contribution >= 0.6 is 11.8 Å². The quantitative estimate of drug-likeness (QED) is 0.625. The van der Waals surface area contributed by atoms with Crippen LogP contribution in [0.1, 0.15) is 11.4 Å². The van der Waals surface area contributed by atoms with Gasteiger partial charge in [-0.3, -0.25) is 14.2 Å². The fourth-order valence-electron chi connectivity index (χ4n) is 2.39. The molecule has 0 atom stereocenters. The number of carbonyl (C=O) groups excluding carboxylic acids is 1. The first-order valence-electron chi connectivity index (χ1n) is 7.92. The Labute approximate surface area is 148 Å². The number of benzene rings is 1. The summed E-state index contributed by atoms with van der Waals surface area (Å²) in [6.07, 6.45) is 3.10. The monoisotopic (exact) mass is 357 g/mol. The summed E-state index contributed by atoms with van der Waals surface area (Å²) in [4.78, 5) is 35.8. The number of nitrogens with zero attached hydrogens (tertiary/aromatic N) is 3. The molecular formula is C17H19N5O2S. The van der Waals surface area contributed by atoms with Crippen molar-refractivity contribution >= 4 is 28.6 Å². The first kappa shape index (κ1) is 17.2. The maximum absolute atomic E-state index is 12.3. The summed E-state index contributed by atoms with van der Waals surface area (Å²) in [5.74, 6) is 1.39. The number of imidazole rings is 1. The van der Waals surface area contributed by atoms with E-state index in [9.17, 15) is 9.59 Å². The normalized spacial score (nSPS) is 10.9. The Bertz CT molecular complexity index is 934. The van der Waals surface area contributed by atoms with Gasteiger partial charge in [0, 0.05) is 23.7 Å². The molecule has 0 saturated heterocycles. The van der Waals surface area contributed by atoms with Crippen molar-refractivity contribution in [2.45, 2.75) is 19.2 Å². The SMILES string of the molecule is Cc1[nH]cnc1CSCCNC(=O)Cn1cnc2ccccc2c1=O. The minimum atomic E-state index is -0.205. The molecule has 0 radical (unpaired) electrons. The number of nitrogens with one attached hydrogen (secondary N) is 2. The van der Waals surface area contributed by atoms with Crippen LogP contribution in [-0.4, -0.2) is 37.7 Å². The van der Waals surface area contributed by atoms with Gasteiger partial charge in [-0.25, -0.2) is 9.97 Å². The highest BCUT2D eigenvalue weighted by molar-refractivity contribution is 7.98. The van der Waals surface area contributed by atoms with Crippen molar-refractivity contribution in [3.05, 3.63) is 58.7 Å². The van der Waals surface area contributed by atoms with E-state index in [0.29, 0.717) is 17.4 Å². The number of aromatic nitrogens is 4. The van der Waals surface area contributed by atoms with Crippen LogP contribution in [0.2, 0.25) is 0 Å². The van der Waals surface area contributed by atoms with Gasteiger partial charge in [-0.15, -0.1) is 0 Å². The molecule has 0 aliphatic heterocycles. The molecule has 0 aliphatic rings. The maximum atomic E-state index is 12.3. The zero-order chi connectivity index (χ0) is 17.6. The van der Waals surface area contributed by atoms with Gasteiger partial charge in [-0.2, -0.15) is 11.8 Å². The average molecular weight is 357 g/mol. The lowest BCUT2D eigenvalue weighted by Crippen LogP contribution is -2.33. The van der Waals surface area contributed by atoms with Crippen LogP contribution in [0, 0.1) is 6.92 Å². The van der Waals surface area contributed by atoms with Crippen molar-refractivity contribution in [3.8, 4) is 0 Å². The summed E-state index contributed by atoms with van der Waals surface area (Å²) in [6, 6.07) is 7.11. The number of aromatic amines is 1. The van der Waals surface area contributed by atoms with Crippen LogP contribution < -0.4 is 10.9 Å². The van der Waals surface area contributed by atoms with Crippen LogP contribution in [0.25, 0.3) is 10.9 Å². The highest BCUT2D eigenvalue weighted by Gasteiger charge is 2.07. The van der Waals surface area contributed by atoms with E-state index in [1.165, 1.54) is 10.9 Å². The molecule has 0 fully saturated rings. The van der Waals surface area contributed by atoms with Crippen molar-refractivity contribution in [1.29, 1.82) is 0 Å². The third kappa shape index (κ3) is 4.27. The third-order valence-electron chi connectivity index (χ3n) is 3.79. The first-order chi connectivity index (χ1) is 12.1. The Morgan fingerprint density at radius 2 is 2.16 bits per heavy atom. The summed E-state index contributed by atoms with van der Waals surface area (Å²) in [7, 11) is 0. The van der Waals surface area contributed by atoms with E-state index >= 15 is 0 Å². The van der Waals surface area contributed by atoms with E-state index in [0.717, 1.165) is 22.9 Å². The number of hydrogen-bond donors (Lipinski definition) is 2. The number of thioether (sulfide) groups is 1. The van der Waals surface area contributed by atoms with Gasteiger partial charge in [0.25, 0.3) is 5.56 Å². The minimum Gasteiger partial charge on any atom is -0.354 e. The molecule has 8 heteroatoms. The summed E-state index contributed by atoms with van der Waals surface area (Å²) >= 11 is 1.70. The molecule has 0 unspecified atom stereocenters. The second-order valence-corrected chi connectivity index (χ2v) is 6.68. The zero-order valence-electron chi connectivity index (χ0n) is 13.9. The number of aryl methyl sites for hydroxylation is 1. The van der Waals surface area contributed by atoms with E-state index in [4.69, 9.17) is 0 Å². The molecule has 2 aromatic heterocycles. The average Bonchev–Trinajstić information content (AvgIpc) is 3.02. The molecule has 0 aliphatic carbocycles. The topological polar surface area (TPSA) is 92.7 Å². The summed E-state index contributed by atoms with van der Waals surface area (Å²) in [5, 5.41) is 3.34. The molecule has 3 rings (SSSR count). The van der Waals surface area contributed by atoms with Crippen LogP contribution in [0.15, 0.2) is 41.7 Å². The van der Waals surface area contributed by atoms with E-state index in [1.807, 2.05) is 13.0 Å². The van der Waals surface area contributed by atoms with Gasteiger partial charge in [0.2, 0.25) is 5.91 Å². The summed E-state index contributed by atoms with van der Waals surface area (Å²) < 4.78 is 1.33. The van der Waals surface area contributed by atoms with Gasteiger partial charge in [-0.1, -0.05) is 12.1 Å². The summed E-state index contributed by atoms with van der Waals surface area (Å²) in [6.45, 7) is 2.50. The molecular weight excluding hydrogens is 338 g/mol. The molecule has 0 bridgehead atoms. The molecule has 1 aromatic carbocycles. The summed E-state index contributed by atoms with van der Waals surface area (Å²) in [5.41, 5.74) is 2.53. The predicted octanol–water partition coefficient (Wildman–Crippen LogP) is 1.48. The molecule has 0 spiro atoms. The maximum Gasteiger partial charge on any atom is 0.261 e. The number of carbonyl (C=O) groups is 1. The Hall–Kier alpha value is -2.61. The van der Waals surface area contributed by atoms with Gasteiger partial charge in [-0.05, 0) is 19.1 Å². The largest absolute Gasteiger partial charge is 0.354 e. The standard InChI is InChI=1S/C17H19N5O2S/c1-12-15(20-10-19-12)9-25-7-6-18-16(23)8-22-11-21-14-5-3-2-4-13(14)17(22)24/h2-5,10-11H,6-9H2,1H3,(H,18,23)(H,19,20). The van der Waals surface area contributed by atoms with Crippen LogP contribution in [0.5, 0.6) is 0 Å². The highest BCUT2D eigenvalue weighted by Crippen LogP contribution is 2.11. The van der Waals surface area contributed by atoms with E-state index < -0.39 is 0 Å². The van der Waals surface area contributed by atoms with Crippen molar-refractivity contribution in [3.63, 3.8) is 0 Å². The lowest BCUT2D eigenvalue weighted by Gasteiger charge is -2.08. The smallest absolute Gasteiger partial charge is 0.261 e. The van der Waals surface area contributed by atoms with E-state index in [-0.39, 0.29) is 18.0 Å². The third-order valence-corrected chi connectivity index (χ3v) is 4.76. The van der Waals surface area contributed by atoms with Crippen LogP contribution in [0.4, 0.5) is 0 Å². The highest BCUT2D eigenvalue weighted by atomic mass is 32.2. The zero-order valence-corrected chi connectivity index (χ0v) is 14.7. The van der Waals surface area contributed by atoms with Crippen molar-refractivity contribution in [1.82, 2.24) is 24.8 Å². The second kappa shape index (κ2) is 7.98. The van der Waals surface area contributed by atoms with Gasteiger partial charge >= 0.3 is 0 Å². The van der Waals surface area contributed by atoms with Gasteiger partial charge in [0.15, 0.2) is 0 Å². The number of H-pyrrole nitrogens is 1. The number of rotatable bonds is 7.